The van der Waals surface area contributed by atoms with Crippen LogP contribution in [0.2, 0.25) is 0 Å². The summed E-state index contributed by atoms with van der Waals surface area (Å²) in [5.41, 5.74) is -0.119. The molecule has 1 fully saturated rings. The van der Waals surface area contributed by atoms with Crippen LogP contribution in [0.5, 0.6) is 0 Å². The van der Waals surface area contributed by atoms with Crippen LogP contribution in [-0.4, -0.2) is 73.8 Å². The third-order valence-corrected chi connectivity index (χ3v) is 5.79. The van der Waals surface area contributed by atoms with Crippen LogP contribution >= 0.6 is 11.8 Å². The lowest BCUT2D eigenvalue weighted by atomic mass is 9.96. The summed E-state index contributed by atoms with van der Waals surface area (Å²) in [6.07, 6.45) is 3.75. The molecule has 0 saturated carbocycles. The van der Waals surface area contributed by atoms with Crippen LogP contribution in [0, 0.1) is 0 Å². The third kappa shape index (κ3) is 5.55. The largest absolute Gasteiger partial charge is 0.373 e. The normalized spacial score (nSPS) is 31.7. The highest BCUT2D eigenvalue weighted by Crippen LogP contribution is 2.40. The van der Waals surface area contributed by atoms with E-state index in [4.69, 9.17) is 19.2 Å². The van der Waals surface area contributed by atoms with E-state index in [1.165, 1.54) is 0 Å². The van der Waals surface area contributed by atoms with E-state index in [0.29, 0.717) is 19.6 Å². The van der Waals surface area contributed by atoms with Gasteiger partial charge in [0.05, 0.1) is 12.8 Å². The van der Waals surface area contributed by atoms with Gasteiger partial charge in [0.15, 0.2) is 5.17 Å². The molecule has 0 aromatic rings. The van der Waals surface area contributed by atoms with E-state index in [-0.39, 0.29) is 29.8 Å². The van der Waals surface area contributed by atoms with Crippen LogP contribution in [0.4, 0.5) is 4.39 Å². The average Bonchev–Trinajstić information content (AvgIpc) is 3.01. The van der Waals surface area contributed by atoms with Gasteiger partial charge < -0.3 is 19.1 Å². The van der Waals surface area contributed by atoms with Crippen molar-refractivity contribution < 1.29 is 18.6 Å². The lowest BCUT2D eigenvalue weighted by molar-refractivity contribution is -0.193. The number of nitrogens with zero attached hydrogens (tertiary/aromatic N) is 2. The fourth-order valence-electron chi connectivity index (χ4n) is 3.07. The third-order valence-electron chi connectivity index (χ3n) is 4.49. The Balaban J connectivity index is 2.16. The van der Waals surface area contributed by atoms with E-state index < -0.39 is 6.67 Å². The molecule has 2 aliphatic rings. The molecule has 0 bridgehead atoms. The summed E-state index contributed by atoms with van der Waals surface area (Å²) in [6.45, 7) is 5.19. The number of fused-ring (bicyclic) bond motifs is 1. The molecule has 2 aliphatic heterocycles. The van der Waals surface area contributed by atoms with E-state index in [0.717, 1.165) is 30.9 Å². The molecule has 0 amide bonds. The lowest BCUT2D eigenvalue weighted by Crippen LogP contribution is -2.57. The summed E-state index contributed by atoms with van der Waals surface area (Å²) in [7, 11) is 3.95. The molecule has 0 unspecified atom stereocenters. The second kappa shape index (κ2) is 10.7. The van der Waals surface area contributed by atoms with Gasteiger partial charge in [-0.1, -0.05) is 38.5 Å². The van der Waals surface area contributed by atoms with Gasteiger partial charge in [-0.2, -0.15) is 0 Å². The zero-order chi connectivity index (χ0) is 18.2. The Bertz CT molecular complexity index is 425. The van der Waals surface area contributed by atoms with Gasteiger partial charge in [-0.15, -0.1) is 0 Å². The molecular formula is C18H33FN2O3S. The summed E-state index contributed by atoms with van der Waals surface area (Å²) in [6, 6.07) is -0.0956. The van der Waals surface area contributed by atoms with Crippen LogP contribution in [0.1, 0.15) is 46.0 Å². The number of aliphatic imine (C=N–C) groups is 1. The van der Waals surface area contributed by atoms with Crippen molar-refractivity contribution in [3.63, 3.8) is 0 Å². The minimum Gasteiger partial charge on any atom is -0.373 e. The van der Waals surface area contributed by atoms with E-state index >= 15 is 0 Å². The monoisotopic (exact) mass is 376 g/mol. The first-order chi connectivity index (χ1) is 12.1. The highest BCUT2D eigenvalue weighted by Gasteiger charge is 2.50. The average molecular weight is 377 g/mol. The van der Waals surface area contributed by atoms with E-state index in [1.54, 1.807) is 11.8 Å². The molecule has 0 N–H and O–H groups in total. The van der Waals surface area contributed by atoms with E-state index in [2.05, 4.69) is 13.8 Å². The van der Waals surface area contributed by atoms with Crippen molar-refractivity contribution in [2.24, 2.45) is 4.99 Å². The molecule has 146 valence electrons. The minimum atomic E-state index is -0.413. The standard InChI is InChI=1S/C18H33FN2O3S/c1-5-7-11-22-15-13(9-10-19)24-17-14(16(15)23-12-8-6-2)20-18(25-17)21(3)4/h13-17H,5-12H2,1-4H3/t13-,14-,15-,16-,17-/m1/s1. The molecule has 2 heterocycles. The van der Waals surface area contributed by atoms with Gasteiger partial charge >= 0.3 is 0 Å². The summed E-state index contributed by atoms with van der Waals surface area (Å²) in [4.78, 5) is 6.82. The fourth-order valence-corrected chi connectivity index (χ4v) is 4.22. The van der Waals surface area contributed by atoms with Gasteiger partial charge in [0, 0.05) is 33.7 Å². The zero-order valence-corrected chi connectivity index (χ0v) is 16.8. The highest BCUT2D eigenvalue weighted by molar-refractivity contribution is 8.14. The Morgan fingerprint density at radius 1 is 1.12 bits per heavy atom. The predicted octanol–water partition coefficient (Wildman–Crippen LogP) is 3.47. The number of hydrogen-bond acceptors (Lipinski definition) is 6. The summed E-state index contributed by atoms with van der Waals surface area (Å²) in [5, 5.41) is 0.937. The predicted molar refractivity (Wildman–Crippen MR) is 101 cm³/mol. The molecule has 0 aliphatic carbocycles. The summed E-state index contributed by atoms with van der Waals surface area (Å²) < 4.78 is 31.6. The van der Waals surface area contributed by atoms with Crippen LogP contribution < -0.4 is 0 Å². The quantitative estimate of drug-likeness (QED) is 0.546. The smallest absolute Gasteiger partial charge is 0.161 e. The topological polar surface area (TPSA) is 43.3 Å². The van der Waals surface area contributed by atoms with Gasteiger partial charge in [-0.3, -0.25) is 9.38 Å². The molecule has 0 aromatic heterocycles. The highest BCUT2D eigenvalue weighted by atomic mass is 32.2. The van der Waals surface area contributed by atoms with Crippen molar-refractivity contribution >= 4 is 16.9 Å². The molecule has 0 aromatic carbocycles. The van der Waals surface area contributed by atoms with Crippen molar-refractivity contribution in [3.8, 4) is 0 Å². The number of rotatable bonds is 10. The van der Waals surface area contributed by atoms with Gasteiger partial charge in [0.25, 0.3) is 0 Å². The van der Waals surface area contributed by atoms with Gasteiger partial charge in [0.1, 0.15) is 23.7 Å². The molecule has 5 nitrogen and oxygen atoms in total. The van der Waals surface area contributed by atoms with Crippen LogP contribution in [0.25, 0.3) is 0 Å². The molecule has 2 rings (SSSR count). The molecular weight excluding hydrogens is 343 g/mol. The first-order valence-corrected chi connectivity index (χ1v) is 10.4. The number of amidine groups is 1. The molecule has 25 heavy (non-hydrogen) atoms. The number of ether oxygens (including phenoxy) is 3. The number of halogens is 1. The van der Waals surface area contributed by atoms with Crippen molar-refractivity contribution in [2.45, 2.75) is 75.7 Å². The van der Waals surface area contributed by atoms with Crippen LogP contribution in [0.15, 0.2) is 4.99 Å². The summed E-state index contributed by atoms with van der Waals surface area (Å²) >= 11 is 1.60. The van der Waals surface area contributed by atoms with Crippen molar-refractivity contribution in [2.75, 3.05) is 34.0 Å². The SMILES string of the molecule is CCCCO[C@@H]1[C@H]2N=C(N(C)C)S[C@H]2O[C@H](CCF)[C@H]1OCCCC. The number of hydrogen-bond donors (Lipinski definition) is 0. The lowest BCUT2D eigenvalue weighted by Gasteiger charge is -2.42. The van der Waals surface area contributed by atoms with Gasteiger partial charge in [-0.05, 0) is 12.8 Å². The Morgan fingerprint density at radius 3 is 2.32 bits per heavy atom. The Kier molecular flexibility index (Phi) is 8.96. The molecule has 1 saturated heterocycles. The Hall–Kier alpha value is -0.370. The number of thioether (sulfide) groups is 1. The second-order valence-corrected chi connectivity index (χ2v) is 7.88. The Morgan fingerprint density at radius 2 is 1.76 bits per heavy atom. The first-order valence-electron chi connectivity index (χ1n) is 9.48. The van der Waals surface area contributed by atoms with Crippen molar-refractivity contribution in [1.82, 2.24) is 4.90 Å². The maximum Gasteiger partial charge on any atom is 0.161 e. The second-order valence-electron chi connectivity index (χ2n) is 6.81. The molecule has 5 atom stereocenters. The molecule has 0 spiro atoms. The first kappa shape index (κ1) is 20.9. The zero-order valence-electron chi connectivity index (χ0n) is 15.9. The number of unbranched alkanes of at least 4 members (excludes halogenated alkanes) is 2. The fraction of sp³-hybridized carbons (Fsp3) is 0.944. The van der Waals surface area contributed by atoms with Gasteiger partial charge in [0.2, 0.25) is 0 Å². The Labute approximate surface area is 155 Å². The minimum absolute atomic E-state index is 0.0956. The summed E-state index contributed by atoms with van der Waals surface area (Å²) in [5.74, 6) is 0. The molecule has 0 radical (unpaired) electrons. The van der Waals surface area contributed by atoms with Crippen molar-refractivity contribution in [1.29, 1.82) is 0 Å². The van der Waals surface area contributed by atoms with Gasteiger partial charge in [-0.25, -0.2) is 0 Å². The van der Waals surface area contributed by atoms with Crippen molar-refractivity contribution in [3.05, 3.63) is 0 Å². The van der Waals surface area contributed by atoms with Crippen LogP contribution in [-0.2, 0) is 14.2 Å². The van der Waals surface area contributed by atoms with E-state index in [1.807, 2.05) is 19.0 Å². The molecule has 7 heteroatoms. The van der Waals surface area contributed by atoms with Crippen LogP contribution in [0.3, 0.4) is 0 Å². The maximum absolute atomic E-state index is 13.1. The van der Waals surface area contributed by atoms with E-state index in [9.17, 15) is 4.39 Å². The maximum atomic E-state index is 13.1. The number of alkyl halides is 1.